The summed E-state index contributed by atoms with van der Waals surface area (Å²) in [4.78, 5) is 29.2. The van der Waals surface area contributed by atoms with Crippen molar-refractivity contribution in [2.75, 3.05) is 66.3 Å². The zero-order valence-corrected chi connectivity index (χ0v) is 28.1. The molecule has 3 aromatic carbocycles. The fourth-order valence-corrected chi connectivity index (χ4v) is 6.45. The van der Waals surface area contributed by atoms with Crippen LogP contribution >= 0.6 is 24.0 Å². The molecule has 0 saturated carbocycles. The predicted molar refractivity (Wildman–Crippen MR) is 186 cm³/mol. The topological polar surface area (TPSA) is 107 Å². The smallest absolute Gasteiger partial charge is 0.335 e. The van der Waals surface area contributed by atoms with E-state index in [0.717, 1.165) is 55.3 Å². The molecular formula is C35H38N2O8S2. The van der Waals surface area contributed by atoms with Gasteiger partial charge in [0.15, 0.2) is 11.5 Å². The highest BCUT2D eigenvalue weighted by Crippen LogP contribution is 2.36. The summed E-state index contributed by atoms with van der Waals surface area (Å²) in [6, 6.07) is 18.4. The van der Waals surface area contributed by atoms with Gasteiger partial charge in [-0.3, -0.25) is 14.6 Å². The summed E-state index contributed by atoms with van der Waals surface area (Å²) in [7, 11) is 1.45. The Bertz CT molecular complexity index is 1610. The molecule has 1 N–H and O–H groups in total. The third-order valence-electron chi connectivity index (χ3n) is 7.63. The van der Waals surface area contributed by atoms with Gasteiger partial charge in [0.25, 0.3) is 5.91 Å². The lowest BCUT2D eigenvalue weighted by atomic mass is 10.0. The number of carboxylic acids is 1. The van der Waals surface area contributed by atoms with E-state index < -0.39 is 5.97 Å². The van der Waals surface area contributed by atoms with Crippen LogP contribution in [0.1, 0.15) is 29.3 Å². The predicted octanol–water partition coefficient (Wildman–Crippen LogP) is 5.84. The van der Waals surface area contributed by atoms with Crippen LogP contribution in [0, 0.1) is 0 Å². The number of carboxylic acid groups (broad SMARTS) is 1. The molecule has 248 valence electrons. The molecule has 0 aliphatic carbocycles. The van der Waals surface area contributed by atoms with Gasteiger partial charge in [-0.05, 0) is 73.0 Å². The van der Waals surface area contributed by atoms with E-state index in [-0.39, 0.29) is 18.1 Å². The largest absolute Gasteiger partial charge is 0.494 e. The molecule has 47 heavy (non-hydrogen) atoms. The van der Waals surface area contributed by atoms with Crippen LogP contribution in [0.3, 0.4) is 0 Å². The second kappa shape index (κ2) is 16.6. The highest BCUT2D eigenvalue weighted by atomic mass is 32.2. The molecule has 2 fully saturated rings. The Morgan fingerprint density at radius 2 is 1.66 bits per heavy atom. The summed E-state index contributed by atoms with van der Waals surface area (Å²) < 4.78 is 28.9. The van der Waals surface area contributed by atoms with E-state index >= 15 is 0 Å². The number of amides is 1. The van der Waals surface area contributed by atoms with Crippen LogP contribution in [0.25, 0.3) is 17.2 Å². The summed E-state index contributed by atoms with van der Waals surface area (Å²) in [6.07, 6.45) is 2.36. The first-order valence-electron chi connectivity index (χ1n) is 15.5. The van der Waals surface area contributed by atoms with Gasteiger partial charge in [0.05, 0.1) is 44.0 Å². The number of methoxy groups -OCH3 is 1. The second-order valence-electron chi connectivity index (χ2n) is 10.7. The first-order valence-corrected chi connectivity index (χ1v) is 16.7. The minimum atomic E-state index is -1.05. The van der Waals surface area contributed by atoms with Crippen molar-refractivity contribution >= 4 is 46.3 Å². The second-order valence-corrected chi connectivity index (χ2v) is 12.4. The van der Waals surface area contributed by atoms with Gasteiger partial charge in [0.2, 0.25) is 0 Å². The van der Waals surface area contributed by atoms with Crippen molar-refractivity contribution in [3.8, 4) is 34.1 Å². The number of thioether (sulfide) groups is 1. The van der Waals surface area contributed by atoms with Gasteiger partial charge in [-0.25, -0.2) is 4.79 Å². The monoisotopic (exact) mass is 678 g/mol. The molecule has 3 aromatic rings. The van der Waals surface area contributed by atoms with E-state index in [1.165, 1.54) is 31.0 Å². The number of carbonyl (C=O) groups is 2. The summed E-state index contributed by atoms with van der Waals surface area (Å²) in [5.41, 5.74) is 2.90. The SMILES string of the molecule is CCOc1ccc(-c2ccc(OCCN3CCOCC3)c(/C=C3\SC(=S)N(CCCOc4ccc(C(=O)O)cc4OC)C3=O)c2)cc1. The first kappa shape index (κ1) is 34.2. The average molecular weight is 679 g/mol. The molecule has 2 aliphatic heterocycles. The highest BCUT2D eigenvalue weighted by molar-refractivity contribution is 8.26. The lowest BCUT2D eigenvalue weighted by molar-refractivity contribution is -0.122. The maximum Gasteiger partial charge on any atom is 0.335 e. The molecule has 0 atom stereocenters. The van der Waals surface area contributed by atoms with E-state index in [9.17, 15) is 14.7 Å². The number of hydrogen-bond acceptors (Lipinski definition) is 10. The molecule has 0 aromatic heterocycles. The van der Waals surface area contributed by atoms with Crippen LogP contribution in [-0.4, -0.2) is 97.4 Å². The van der Waals surface area contributed by atoms with Gasteiger partial charge in [-0.15, -0.1) is 0 Å². The Hall–Kier alpha value is -4.10. The molecule has 5 rings (SSSR count). The van der Waals surface area contributed by atoms with Crippen LogP contribution in [0.5, 0.6) is 23.0 Å². The van der Waals surface area contributed by atoms with Gasteiger partial charge < -0.3 is 28.8 Å². The number of benzene rings is 3. The molecule has 2 saturated heterocycles. The van der Waals surface area contributed by atoms with Gasteiger partial charge in [-0.2, -0.15) is 0 Å². The minimum Gasteiger partial charge on any atom is -0.494 e. The number of thiocarbonyl (C=S) groups is 1. The number of hydrogen-bond donors (Lipinski definition) is 1. The Morgan fingerprint density at radius 3 is 2.38 bits per heavy atom. The van der Waals surface area contributed by atoms with Crippen LogP contribution in [0.4, 0.5) is 0 Å². The maximum absolute atomic E-state index is 13.5. The van der Waals surface area contributed by atoms with E-state index in [4.69, 9.17) is 35.9 Å². The van der Waals surface area contributed by atoms with Gasteiger partial charge in [-0.1, -0.05) is 42.2 Å². The number of nitrogens with zero attached hydrogens (tertiary/aromatic N) is 2. The summed E-state index contributed by atoms with van der Waals surface area (Å²) in [6.45, 7) is 7.70. The first-order chi connectivity index (χ1) is 22.9. The van der Waals surface area contributed by atoms with Crippen molar-refractivity contribution in [2.24, 2.45) is 0 Å². The number of rotatable bonds is 15. The molecule has 10 nitrogen and oxygen atoms in total. The van der Waals surface area contributed by atoms with Crippen molar-refractivity contribution in [1.82, 2.24) is 9.80 Å². The normalized spacial score (nSPS) is 16.0. The van der Waals surface area contributed by atoms with Crippen LogP contribution in [-0.2, 0) is 9.53 Å². The third kappa shape index (κ3) is 9.04. The van der Waals surface area contributed by atoms with Crippen molar-refractivity contribution in [1.29, 1.82) is 0 Å². The fraction of sp³-hybridized carbons (Fsp3) is 0.343. The lowest BCUT2D eigenvalue weighted by Crippen LogP contribution is -2.38. The van der Waals surface area contributed by atoms with Gasteiger partial charge >= 0.3 is 5.97 Å². The molecule has 0 unspecified atom stereocenters. The third-order valence-corrected chi connectivity index (χ3v) is 9.01. The molecule has 1 amide bonds. The van der Waals surface area contributed by atoms with Gasteiger partial charge in [0.1, 0.15) is 22.4 Å². The molecule has 2 heterocycles. The number of ether oxygens (including phenoxy) is 5. The zero-order chi connectivity index (χ0) is 33.2. The number of aromatic carboxylic acids is 1. The zero-order valence-electron chi connectivity index (χ0n) is 26.4. The summed E-state index contributed by atoms with van der Waals surface area (Å²) in [5, 5.41) is 9.22. The molecule has 0 spiro atoms. The Labute approximate surface area is 284 Å². The van der Waals surface area contributed by atoms with Crippen molar-refractivity contribution in [3.63, 3.8) is 0 Å². The molecule has 2 aliphatic rings. The van der Waals surface area contributed by atoms with Crippen molar-refractivity contribution < 1.29 is 38.4 Å². The minimum absolute atomic E-state index is 0.106. The molecule has 12 heteroatoms. The lowest BCUT2D eigenvalue weighted by Gasteiger charge is -2.26. The Kier molecular flexibility index (Phi) is 12.1. The molecule has 0 bridgehead atoms. The van der Waals surface area contributed by atoms with Crippen LogP contribution < -0.4 is 18.9 Å². The highest BCUT2D eigenvalue weighted by Gasteiger charge is 2.32. The fourth-order valence-electron chi connectivity index (χ4n) is 5.15. The standard InChI is InChI=1S/C35H38N2O8S2/c1-3-43-28-9-5-24(6-10-28)25-7-11-29(45-20-16-36-14-18-42-19-15-36)27(21-25)23-32-33(38)37(35(46)47-32)13-4-17-44-30-12-8-26(34(39)40)22-31(30)41-2/h5-12,21-23H,3-4,13-20H2,1-2H3,(H,39,40)/b32-23-. The van der Waals surface area contributed by atoms with E-state index in [2.05, 4.69) is 4.90 Å². The summed E-state index contributed by atoms with van der Waals surface area (Å²) >= 11 is 6.86. The van der Waals surface area contributed by atoms with Crippen LogP contribution in [0.15, 0.2) is 65.6 Å². The van der Waals surface area contributed by atoms with Crippen molar-refractivity contribution in [2.45, 2.75) is 13.3 Å². The number of morpholine rings is 1. The molecule has 0 radical (unpaired) electrons. The van der Waals surface area contributed by atoms with E-state index in [1.54, 1.807) is 11.0 Å². The maximum atomic E-state index is 13.5. The number of carbonyl (C=O) groups excluding carboxylic acids is 1. The van der Waals surface area contributed by atoms with Gasteiger partial charge in [0, 0.05) is 31.7 Å². The Morgan fingerprint density at radius 1 is 0.936 bits per heavy atom. The molecular weight excluding hydrogens is 641 g/mol. The van der Waals surface area contributed by atoms with Crippen LogP contribution in [0.2, 0.25) is 0 Å². The Balaban J connectivity index is 1.28. The van der Waals surface area contributed by atoms with E-state index in [1.807, 2.05) is 55.5 Å². The van der Waals surface area contributed by atoms with Crippen molar-refractivity contribution in [3.05, 3.63) is 76.7 Å². The van der Waals surface area contributed by atoms with E-state index in [0.29, 0.717) is 52.7 Å². The average Bonchev–Trinajstić information content (AvgIpc) is 3.35. The quantitative estimate of drug-likeness (QED) is 0.119. The summed E-state index contributed by atoms with van der Waals surface area (Å²) in [5.74, 6) is 1.03.